The summed E-state index contributed by atoms with van der Waals surface area (Å²) in [5.41, 5.74) is 1.80. The van der Waals surface area contributed by atoms with Gasteiger partial charge in [-0.2, -0.15) is 13.2 Å². The lowest BCUT2D eigenvalue weighted by molar-refractivity contribution is -0.140. The van der Waals surface area contributed by atoms with Crippen molar-refractivity contribution in [2.75, 3.05) is 10.8 Å². The number of amides is 2. The first-order valence-corrected chi connectivity index (χ1v) is 18.2. The first kappa shape index (κ1) is 36.6. The third-order valence-electron chi connectivity index (χ3n) is 9.17. The lowest BCUT2D eigenvalue weighted by Crippen LogP contribution is -2.55. The van der Waals surface area contributed by atoms with E-state index in [4.69, 9.17) is 0 Å². The number of alkyl halides is 3. The normalized spacial score (nSPS) is 14.5. The first-order chi connectivity index (χ1) is 23.8. The first-order valence-electron chi connectivity index (χ1n) is 16.8. The molecule has 0 aromatic heterocycles. The van der Waals surface area contributed by atoms with E-state index in [-0.39, 0.29) is 35.5 Å². The molecule has 50 heavy (non-hydrogen) atoms. The van der Waals surface area contributed by atoms with E-state index in [0.717, 1.165) is 72.6 Å². The van der Waals surface area contributed by atoms with E-state index in [0.29, 0.717) is 4.31 Å². The Hall–Kier alpha value is -4.64. The summed E-state index contributed by atoms with van der Waals surface area (Å²) in [6.45, 7) is 2.79. The van der Waals surface area contributed by atoms with E-state index in [1.165, 1.54) is 23.1 Å². The van der Waals surface area contributed by atoms with Crippen molar-refractivity contribution in [3.05, 3.63) is 131 Å². The summed E-state index contributed by atoms with van der Waals surface area (Å²) in [5.74, 6) is -1.10. The molecular weight excluding hydrogens is 664 g/mol. The number of sulfonamides is 1. The zero-order valence-corrected chi connectivity index (χ0v) is 29.0. The average molecular weight is 706 g/mol. The molecule has 4 aromatic rings. The Labute approximate surface area is 292 Å². The summed E-state index contributed by atoms with van der Waals surface area (Å²) >= 11 is 0. The number of aryl methyl sites for hydroxylation is 2. The van der Waals surface area contributed by atoms with Crippen molar-refractivity contribution in [3.63, 3.8) is 0 Å². The van der Waals surface area contributed by atoms with Gasteiger partial charge in [0.25, 0.3) is 10.0 Å². The van der Waals surface area contributed by atoms with Crippen LogP contribution in [-0.4, -0.2) is 43.8 Å². The van der Waals surface area contributed by atoms with Crippen molar-refractivity contribution >= 4 is 27.5 Å². The summed E-state index contributed by atoms with van der Waals surface area (Å²) in [6.07, 6.45) is 0.0469. The predicted octanol–water partition coefficient (Wildman–Crippen LogP) is 7.61. The maximum absolute atomic E-state index is 14.7. The number of carbonyl (C=O) groups excluding carboxylic acids is 2. The SMILES string of the molecule is Cc1ccc(S(=O)(=O)N(CC(=O)N(Cc2ccccc2C)C(Cc2ccccc2)C(=O)NC2CCCCC2)c2cccc(C(F)(F)F)c2)cc1. The number of rotatable bonds is 12. The van der Waals surface area contributed by atoms with Crippen LogP contribution < -0.4 is 9.62 Å². The number of hydrogen-bond acceptors (Lipinski definition) is 4. The van der Waals surface area contributed by atoms with Crippen LogP contribution in [0.5, 0.6) is 0 Å². The highest BCUT2D eigenvalue weighted by molar-refractivity contribution is 7.92. The molecular formula is C39H42F3N3O4S. The molecule has 0 aliphatic heterocycles. The minimum atomic E-state index is -4.76. The van der Waals surface area contributed by atoms with E-state index < -0.39 is 40.3 Å². The average Bonchev–Trinajstić information content (AvgIpc) is 3.10. The van der Waals surface area contributed by atoms with E-state index in [1.54, 1.807) is 19.1 Å². The van der Waals surface area contributed by atoms with Gasteiger partial charge >= 0.3 is 6.18 Å². The fraction of sp³-hybridized carbons (Fsp3) is 0.333. The molecule has 0 spiro atoms. The zero-order chi connectivity index (χ0) is 35.9. The molecule has 1 saturated carbocycles. The number of nitrogens with zero attached hydrogens (tertiary/aromatic N) is 2. The molecule has 5 rings (SSSR count). The number of carbonyl (C=O) groups is 2. The van der Waals surface area contributed by atoms with Crippen molar-refractivity contribution in [1.82, 2.24) is 10.2 Å². The summed E-state index contributed by atoms with van der Waals surface area (Å²) in [7, 11) is -4.55. The standard InChI is InChI=1S/C39H42F3N3O4S/c1-28-20-22-35(23-21-28)50(48,49)45(34-19-11-16-32(25-34)39(40,41)42)27-37(46)44(26-31-15-10-9-12-29(31)2)36(24-30-13-5-3-6-14-30)38(47)43-33-17-7-4-8-18-33/h3,5-6,9-16,19-23,25,33,36H,4,7-8,17-18,24,26-27H2,1-2H3,(H,43,47). The van der Waals surface area contributed by atoms with Crippen molar-refractivity contribution in [2.45, 2.75) is 82.1 Å². The molecule has 0 saturated heterocycles. The largest absolute Gasteiger partial charge is 0.416 e. The Morgan fingerprint density at radius 3 is 2.16 bits per heavy atom. The predicted molar refractivity (Wildman–Crippen MR) is 188 cm³/mol. The van der Waals surface area contributed by atoms with E-state index >= 15 is 0 Å². The molecule has 7 nitrogen and oxygen atoms in total. The number of anilines is 1. The van der Waals surface area contributed by atoms with Crippen LogP contribution in [0.25, 0.3) is 0 Å². The Morgan fingerprint density at radius 2 is 1.50 bits per heavy atom. The molecule has 1 unspecified atom stereocenters. The van der Waals surface area contributed by atoms with Crippen LogP contribution in [0, 0.1) is 13.8 Å². The third-order valence-corrected chi connectivity index (χ3v) is 11.0. The third kappa shape index (κ3) is 9.12. The molecule has 11 heteroatoms. The van der Waals surface area contributed by atoms with Crippen molar-refractivity contribution in [3.8, 4) is 0 Å². The fourth-order valence-electron chi connectivity index (χ4n) is 6.27. The maximum Gasteiger partial charge on any atom is 0.416 e. The van der Waals surface area contributed by atoms with Gasteiger partial charge in [0.1, 0.15) is 12.6 Å². The molecule has 1 N–H and O–H groups in total. The highest BCUT2D eigenvalue weighted by Gasteiger charge is 2.37. The smallest absolute Gasteiger partial charge is 0.352 e. The minimum Gasteiger partial charge on any atom is -0.352 e. The molecule has 1 aliphatic carbocycles. The van der Waals surface area contributed by atoms with Gasteiger partial charge in [-0.1, -0.05) is 97.6 Å². The summed E-state index contributed by atoms with van der Waals surface area (Å²) in [6, 6.07) is 25.3. The monoisotopic (exact) mass is 705 g/mol. The number of nitrogens with one attached hydrogen (secondary N) is 1. The molecule has 264 valence electrons. The Bertz CT molecular complexity index is 1880. The van der Waals surface area contributed by atoms with Crippen LogP contribution >= 0.6 is 0 Å². The number of hydrogen-bond donors (Lipinski definition) is 1. The van der Waals surface area contributed by atoms with E-state index in [1.807, 2.05) is 61.5 Å². The zero-order valence-electron chi connectivity index (χ0n) is 28.2. The second-order valence-electron chi connectivity index (χ2n) is 12.9. The number of halogens is 3. The Kier molecular flexibility index (Phi) is 11.7. The van der Waals surface area contributed by atoms with Crippen LogP contribution in [0.3, 0.4) is 0 Å². The van der Waals surface area contributed by atoms with Gasteiger partial charge in [-0.3, -0.25) is 13.9 Å². The topological polar surface area (TPSA) is 86.8 Å². The molecule has 2 amide bonds. The molecule has 1 aliphatic rings. The Balaban J connectivity index is 1.60. The summed E-state index contributed by atoms with van der Waals surface area (Å²) in [4.78, 5) is 30.1. The second-order valence-corrected chi connectivity index (χ2v) is 14.7. The molecule has 1 atom stereocenters. The van der Waals surface area contributed by atoms with Gasteiger partial charge < -0.3 is 10.2 Å². The van der Waals surface area contributed by atoms with Crippen LogP contribution in [0.15, 0.2) is 108 Å². The lowest BCUT2D eigenvalue weighted by atomic mass is 9.94. The van der Waals surface area contributed by atoms with Crippen molar-refractivity contribution in [1.29, 1.82) is 0 Å². The van der Waals surface area contributed by atoms with Gasteiger partial charge in [-0.25, -0.2) is 8.42 Å². The second kappa shape index (κ2) is 15.9. The van der Waals surface area contributed by atoms with Crippen LogP contribution in [0.1, 0.15) is 59.9 Å². The molecule has 4 aromatic carbocycles. The molecule has 0 radical (unpaired) electrons. The van der Waals surface area contributed by atoms with Gasteiger partial charge in [0.2, 0.25) is 11.8 Å². The lowest BCUT2D eigenvalue weighted by Gasteiger charge is -2.35. The van der Waals surface area contributed by atoms with E-state index in [2.05, 4.69) is 5.32 Å². The van der Waals surface area contributed by atoms with Crippen LogP contribution in [-0.2, 0) is 38.8 Å². The summed E-state index contributed by atoms with van der Waals surface area (Å²) in [5, 5.41) is 3.16. The van der Waals surface area contributed by atoms with Crippen LogP contribution in [0.4, 0.5) is 18.9 Å². The maximum atomic E-state index is 14.7. The highest BCUT2D eigenvalue weighted by atomic mass is 32.2. The number of benzene rings is 4. The van der Waals surface area contributed by atoms with Gasteiger partial charge in [-0.05, 0) is 73.7 Å². The highest BCUT2D eigenvalue weighted by Crippen LogP contribution is 2.34. The van der Waals surface area contributed by atoms with Gasteiger partial charge in [0.15, 0.2) is 0 Å². The van der Waals surface area contributed by atoms with Gasteiger partial charge in [0, 0.05) is 19.0 Å². The molecule has 0 bridgehead atoms. The van der Waals surface area contributed by atoms with Crippen LogP contribution in [0.2, 0.25) is 0 Å². The van der Waals surface area contributed by atoms with Gasteiger partial charge in [0.05, 0.1) is 16.1 Å². The summed E-state index contributed by atoms with van der Waals surface area (Å²) < 4.78 is 70.8. The van der Waals surface area contributed by atoms with Gasteiger partial charge in [-0.15, -0.1) is 0 Å². The van der Waals surface area contributed by atoms with Crippen molar-refractivity contribution in [2.24, 2.45) is 0 Å². The molecule has 0 heterocycles. The minimum absolute atomic E-state index is 0.0257. The van der Waals surface area contributed by atoms with Crippen molar-refractivity contribution < 1.29 is 31.2 Å². The quantitative estimate of drug-likeness (QED) is 0.165. The Morgan fingerprint density at radius 1 is 0.840 bits per heavy atom. The molecule has 1 fully saturated rings. The van der Waals surface area contributed by atoms with E-state index in [9.17, 15) is 31.2 Å². The fourth-order valence-corrected chi connectivity index (χ4v) is 7.68.